The van der Waals surface area contributed by atoms with Gasteiger partial charge in [-0.3, -0.25) is 9.69 Å². The second-order valence-electron chi connectivity index (χ2n) is 5.67. The zero-order chi connectivity index (χ0) is 15.4. The van der Waals surface area contributed by atoms with Crippen molar-refractivity contribution >= 4 is 5.91 Å². The summed E-state index contributed by atoms with van der Waals surface area (Å²) in [5.74, 6) is 0.412. The van der Waals surface area contributed by atoms with Gasteiger partial charge in [-0.05, 0) is 12.5 Å². The summed E-state index contributed by atoms with van der Waals surface area (Å²) >= 11 is 0. The van der Waals surface area contributed by atoms with E-state index in [0.717, 1.165) is 25.1 Å². The van der Waals surface area contributed by atoms with E-state index in [9.17, 15) is 9.90 Å². The summed E-state index contributed by atoms with van der Waals surface area (Å²) in [4.78, 5) is 16.3. The lowest BCUT2D eigenvalue weighted by Crippen LogP contribution is -2.58. The van der Waals surface area contributed by atoms with Gasteiger partial charge in [-0.25, -0.2) is 0 Å². The van der Waals surface area contributed by atoms with E-state index in [4.69, 9.17) is 0 Å². The lowest BCUT2D eigenvalue weighted by atomic mass is 9.98. The molecule has 2 unspecified atom stereocenters. The minimum absolute atomic E-state index is 0.0576. The molecule has 0 radical (unpaired) electrons. The number of aromatic hydroxyl groups is 1. The molecule has 21 heavy (non-hydrogen) atoms. The molecular formula is C16H25N3O2. The maximum absolute atomic E-state index is 12.4. The number of hydrogen-bond donors (Lipinski definition) is 2. The van der Waals surface area contributed by atoms with Crippen LogP contribution in [-0.4, -0.2) is 60.6 Å². The number of carbonyl (C=O) groups is 1. The van der Waals surface area contributed by atoms with Gasteiger partial charge in [0.25, 0.3) is 0 Å². The fraction of sp³-hybridized carbons (Fsp3) is 0.562. The number of nitrogens with one attached hydrogen (secondary N) is 1. The molecule has 116 valence electrons. The number of benzene rings is 1. The Balaban J connectivity index is 2.30. The highest BCUT2D eigenvalue weighted by molar-refractivity contribution is 5.81. The fourth-order valence-corrected chi connectivity index (χ4v) is 3.02. The zero-order valence-corrected chi connectivity index (χ0v) is 13.0. The third kappa shape index (κ3) is 3.36. The molecule has 1 aromatic rings. The molecule has 5 heteroatoms. The molecule has 1 saturated heterocycles. The monoisotopic (exact) mass is 291 g/mol. The fourth-order valence-electron chi connectivity index (χ4n) is 3.02. The van der Waals surface area contributed by atoms with Crippen LogP contribution in [0.25, 0.3) is 0 Å². The third-order valence-corrected chi connectivity index (χ3v) is 4.09. The highest BCUT2D eigenvalue weighted by atomic mass is 16.3. The molecule has 2 N–H and O–H groups in total. The van der Waals surface area contributed by atoms with Gasteiger partial charge < -0.3 is 15.3 Å². The number of carbonyl (C=O) groups excluding carboxylic acids is 1. The molecule has 0 aromatic heterocycles. The average molecular weight is 291 g/mol. The number of piperazine rings is 1. The third-order valence-electron chi connectivity index (χ3n) is 4.09. The molecule has 0 aliphatic carbocycles. The second kappa shape index (κ2) is 6.91. The topological polar surface area (TPSA) is 55.8 Å². The molecular weight excluding hydrogens is 266 g/mol. The van der Waals surface area contributed by atoms with Gasteiger partial charge in [-0.2, -0.15) is 0 Å². The maximum atomic E-state index is 12.4. The van der Waals surface area contributed by atoms with E-state index in [1.807, 2.05) is 18.2 Å². The lowest BCUT2D eigenvalue weighted by molar-refractivity contribution is -0.136. The minimum Gasteiger partial charge on any atom is -0.508 e. The molecule has 1 aliphatic heterocycles. The Morgan fingerprint density at radius 3 is 2.81 bits per heavy atom. The van der Waals surface area contributed by atoms with Crippen LogP contribution in [0.2, 0.25) is 0 Å². The Morgan fingerprint density at radius 2 is 2.19 bits per heavy atom. The van der Waals surface area contributed by atoms with Gasteiger partial charge >= 0.3 is 0 Å². The van der Waals surface area contributed by atoms with Gasteiger partial charge in [0.1, 0.15) is 11.8 Å². The normalized spacial score (nSPS) is 21.0. The molecule has 1 fully saturated rings. The molecule has 0 saturated carbocycles. The average Bonchev–Trinajstić information content (AvgIpc) is 2.49. The van der Waals surface area contributed by atoms with Crippen molar-refractivity contribution in [3.8, 4) is 5.75 Å². The Hall–Kier alpha value is -1.59. The van der Waals surface area contributed by atoms with E-state index >= 15 is 0 Å². The number of amides is 1. The SMILES string of the molecule is CCC(c1ccccc1O)N1CCNCC1C(=O)N(C)C. The predicted octanol–water partition coefficient (Wildman–Crippen LogP) is 1.21. The van der Waals surface area contributed by atoms with Gasteiger partial charge in [0.2, 0.25) is 5.91 Å². The molecule has 1 aliphatic rings. The number of likely N-dealkylation sites (N-methyl/N-ethyl adjacent to an activating group) is 1. The molecule has 2 atom stereocenters. The van der Waals surface area contributed by atoms with E-state index in [2.05, 4.69) is 17.1 Å². The highest BCUT2D eigenvalue weighted by Gasteiger charge is 2.35. The quantitative estimate of drug-likeness (QED) is 0.875. The zero-order valence-electron chi connectivity index (χ0n) is 13.0. The smallest absolute Gasteiger partial charge is 0.240 e. The van der Waals surface area contributed by atoms with Crippen LogP contribution >= 0.6 is 0 Å². The van der Waals surface area contributed by atoms with Crippen LogP contribution < -0.4 is 5.32 Å². The molecule has 2 rings (SSSR count). The van der Waals surface area contributed by atoms with Gasteiger partial charge in [-0.15, -0.1) is 0 Å². The number of rotatable bonds is 4. The van der Waals surface area contributed by atoms with E-state index in [1.54, 1.807) is 25.1 Å². The number of phenols is 1. The first kappa shape index (κ1) is 15.8. The lowest BCUT2D eigenvalue weighted by Gasteiger charge is -2.41. The summed E-state index contributed by atoms with van der Waals surface area (Å²) in [5, 5.41) is 13.4. The van der Waals surface area contributed by atoms with Crippen LogP contribution in [0.4, 0.5) is 0 Å². The van der Waals surface area contributed by atoms with E-state index in [-0.39, 0.29) is 18.0 Å². The van der Waals surface area contributed by atoms with Gasteiger partial charge in [-0.1, -0.05) is 25.1 Å². The summed E-state index contributed by atoms with van der Waals surface area (Å²) in [6, 6.07) is 7.29. The predicted molar refractivity (Wildman–Crippen MR) is 83.2 cm³/mol. The van der Waals surface area contributed by atoms with E-state index in [1.165, 1.54) is 0 Å². The number of para-hydroxylation sites is 1. The maximum Gasteiger partial charge on any atom is 0.240 e. The van der Waals surface area contributed by atoms with Crippen molar-refractivity contribution in [2.75, 3.05) is 33.7 Å². The minimum atomic E-state index is -0.182. The van der Waals surface area contributed by atoms with Crippen molar-refractivity contribution in [1.82, 2.24) is 15.1 Å². The summed E-state index contributed by atoms with van der Waals surface area (Å²) in [6.07, 6.45) is 0.856. The first-order valence-electron chi connectivity index (χ1n) is 7.51. The molecule has 0 bridgehead atoms. The van der Waals surface area contributed by atoms with Crippen LogP contribution in [0.3, 0.4) is 0 Å². The largest absolute Gasteiger partial charge is 0.508 e. The van der Waals surface area contributed by atoms with Crippen LogP contribution in [0, 0.1) is 0 Å². The van der Waals surface area contributed by atoms with Crippen molar-refractivity contribution in [3.63, 3.8) is 0 Å². The summed E-state index contributed by atoms with van der Waals surface area (Å²) in [5.41, 5.74) is 0.901. The van der Waals surface area contributed by atoms with Crippen molar-refractivity contribution in [2.24, 2.45) is 0 Å². The molecule has 1 heterocycles. The summed E-state index contributed by atoms with van der Waals surface area (Å²) < 4.78 is 0. The Kier molecular flexibility index (Phi) is 5.20. The van der Waals surface area contributed by atoms with Gasteiger partial charge in [0, 0.05) is 45.3 Å². The standard InChI is InChI=1S/C16H25N3O2/c1-4-13(12-7-5-6-8-15(12)20)19-10-9-17-11-14(19)16(21)18(2)3/h5-8,13-14,17,20H,4,9-11H2,1-3H3. The Bertz CT molecular complexity index is 490. The molecule has 1 aromatic carbocycles. The Morgan fingerprint density at radius 1 is 1.48 bits per heavy atom. The van der Waals surface area contributed by atoms with Gasteiger partial charge in [0.15, 0.2) is 0 Å². The second-order valence-corrected chi connectivity index (χ2v) is 5.67. The molecule has 1 amide bonds. The van der Waals surface area contributed by atoms with Crippen LogP contribution in [0.1, 0.15) is 24.9 Å². The first-order chi connectivity index (χ1) is 10.1. The molecule has 5 nitrogen and oxygen atoms in total. The first-order valence-corrected chi connectivity index (χ1v) is 7.51. The molecule has 0 spiro atoms. The van der Waals surface area contributed by atoms with E-state index < -0.39 is 0 Å². The van der Waals surface area contributed by atoms with Crippen LogP contribution in [-0.2, 0) is 4.79 Å². The van der Waals surface area contributed by atoms with Gasteiger partial charge in [0.05, 0.1) is 0 Å². The van der Waals surface area contributed by atoms with Crippen molar-refractivity contribution in [2.45, 2.75) is 25.4 Å². The van der Waals surface area contributed by atoms with Crippen LogP contribution in [0.5, 0.6) is 5.75 Å². The van der Waals surface area contributed by atoms with Crippen molar-refractivity contribution in [3.05, 3.63) is 29.8 Å². The number of nitrogens with zero attached hydrogens (tertiary/aromatic N) is 2. The van der Waals surface area contributed by atoms with Crippen molar-refractivity contribution in [1.29, 1.82) is 0 Å². The summed E-state index contributed by atoms with van der Waals surface area (Å²) in [7, 11) is 3.58. The summed E-state index contributed by atoms with van der Waals surface area (Å²) in [6.45, 7) is 4.41. The van der Waals surface area contributed by atoms with Crippen molar-refractivity contribution < 1.29 is 9.90 Å². The number of phenolic OH excluding ortho intramolecular Hbond substituents is 1. The Labute approximate surface area is 126 Å². The number of hydrogen-bond acceptors (Lipinski definition) is 4. The van der Waals surface area contributed by atoms with Crippen LogP contribution in [0.15, 0.2) is 24.3 Å². The van der Waals surface area contributed by atoms with E-state index in [0.29, 0.717) is 12.3 Å². The highest BCUT2D eigenvalue weighted by Crippen LogP contribution is 2.32.